The first kappa shape index (κ1) is 16.5. The van der Waals surface area contributed by atoms with Crippen LogP contribution in [-0.2, 0) is 4.74 Å². The Bertz CT molecular complexity index is 642. The van der Waals surface area contributed by atoms with Crippen LogP contribution in [0.3, 0.4) is 0 Å². The van der Waals surface area contributed by atoms with E-state index in [0.29, 0.717) is 6.10 Å². The minimum Gasteiger partial charge on any atom is -0.495 e. The summed E-state index contributed by atoms with van der Waals surface area (Å²) in [5.41, 5.74) is 2.08. The van der Waals surface area contributed by atoms with Crippen LogP contribution < -0.4 is 10.1 Å². The van der Waals surface area contributed by atoms with Crippen LogP contribution in [0.4, 0.5) is 10.8 Å². The first-order chi connectivity index (χ1) is 11.2. The number of rotatable bonds is 6. The lowest BCUT2D eigenvalue weighted by Crippen LogP contribution is -2.21. The Kier molecular flexibility index (Phi) is 5.75. The molecule has 0 saturated carbocycles. The maximum absolute atomic E-state index is 5.75. The van der Waals surface area contributed by atoms with Crippen LogP contribution in [0.2, 0.25) is 0 Å². The molecule has 0 amide bonds. The van der Waals surface area contributed by atoms with Crippen molar-refractivity contribution in [2.45, 2.75) is 36.6 Å². The molecule has 0 spiro atoms. The number of methoxy groups -OCH3 is 1. The van der Waals surface area contributed by atoms with Crippen molar-refractivity contribution < 1.29 is 9.47 Å². The highest BCUT2D eigenvalue weighted by Crippen LogP contribution is 2.33. The highest BCUT2D eigenvalue weighted by atomic mass is 32.2. The molecule has 1 aliphatic heterocycles. The number of anilines is 2. The number of benzene rings is 1. The van der Waals surface area contributed by atoms with E-state index in [1.807, 2.05) is 18.2 Å². The van der Waals surface area contributed by atoms with Crippen molar-refractivity contribution in [2.75, 3.05) is 24.8 Å². The van der Waals surface area contributed by atoms with Gasteiger partial charge >= 0.3 is 0 Å². The van der Waals surface area contributed by atoms with Crippen molar-refractivity contribution in [3.05, 3.63) is 23.8 Å². The Morgan fingerprint density at radius 2 is 2.30 bits per heavy atom. The molecule has 0 radical (unpaired) electrons. The predicted molar refractivity (Wildman–Crippen MR) is 95.2 cm³/mol. The van der Waals surface area contributed by atoms with Crippen LogP contribution in [0, 0.1) is 6.92 Å². The standard InChI is InChI=1S/C16H21N3O2S2/c1-11-6-7-14(20-2)13(9-11)17-15-18-19-16(23-15)22-10-12-5-3-4-8-21-12/h6-7,9,12H,3-5,8,10H2,1-2H3,(H,17,18)/t12-/m1/s1. The van der Waals surface area contributed by atoms with Gasteiger partial charge in [-0.05, 0) is 43.9 Å². The topological polar surface area (TPSA) is 56.3 Å². The fourth-order valence-electron chi connectivity index (χ4n) is 2.46. The van der Waals surface area contributed by atoms with Gasteiger partial charge in [-0.2, -0.15) is 0 Å². The quantitative estimate of drug-likeness (QED) is 0.785. The summed E-state index contributed by atoms with van der Waals surface area (Å²) in [6.45, 7) is 2.94. The van der Waals surface area contributed by atoms with Crippen molar-refractivity contribution in [3.8, 4) is 5.75 Å². The lowest BCUT2D eigenvalue weighted by molar-refractivity contribution is 0.0315. The number of aromatic nitrogens is 2. The number of thioether (sulfide) groups is 1. The lowest BCUT2D eigenvalue weighted by Gasteiger charge is -2.21. The summed E-state index contributed by atoms with van der Waals surface area (Å²) < 4.78 is 12.1. The molecular weight excluding hydrogens is 330 g/mol. The van der Waals surface area contributed by atoms with E-state index >= 15 is 0 Å². The molecule has 1 fully saturated rings. The fourth-order valence-corrected chi connectivity index (χ4v) is 4.31. The SMILES string of the molecule is COc1ccc(C)cc1Nc1nnc(SC[C@H]2CCCCO2)s1. The molecule has 1 aliphatic rings. The van der Waals surface area contributed by atoms with Gasteiger partial charge in [0.1, 0.15) is 5.75 Å². The fraction of sp³-hybridized carbons (Fsp3) is 0.500. The molecule has 1 saturated heterocycles. The Labute approximate surface area is 144 Å². The van der Waals surface area contributed by atoms with E-state index in [2.05, 4.69) is 22.4 Å². The molecule has 0 bridgehead atoms. The average Bonchev–Trinajstić information content (AvgIpc) is 3.02. The highest BCUT2D eigenvalue weighted by Gasteiger charge is 2.15. The zero-order valence-corrected chi connectivity index (χ0v) is 15.0. The molecule has 7 heteroatoms. The average molecular weight is 351 g/mol. The molecule has 23 heavy (non-hydrogen) atoms. The second-order valence-corrected chi connectivity index (χ2v) is 7.75. The summed E-state index contributed by atoms with van der Waals surface area (Å²) >= 11 is 3.28. The number of nitrogens with one attached hydrogen (secondary N) is 1. The van der Waals surface area contributed by atoms with Crippen molar-refractivity contribution in [3.63, 3.8) is 0 Å². The maximum atomic E-state index is 5.75. The highest BCUT2D eigenvalue weighted by molar-refractivity contribution is 8.01. The van der Waals surface area contributed by atoms with Crippen molar-refractivity contribution >= 4 is 33.9 Å². The summed E-state index contributed by atoms with van der Waals surface area (Å²) in [7, 11) is 1.67. The van der Waals surface area contributed by atoms with Crippen LogP contribution in [0.5, 0.6) is 5.75 Å². The molecule has 1 aromatic carbocycles. The molecule has 1 atom stereocenters. The van der Waals surface area contributed by atoms with Crippen molar-refractivity contribution in [1.29, 1.82) is 0 Å². The zero-order chi connectivity index (χ0) is 16.1. The van der Waals surface area contributed by atoms with Crippen LogP contribution in [0.25, 0.3) is 0 Å². The zero-order valence-electron chi connectivity index (χ0n) is 13.4. The van der Waals surface area contributed by atoms with E-state index in [-0.39, 0.29) is 0 Å². The molecule has 5 nitrogen and oxygen atoms in total. The van der Waals surface area contributed by atoms with E-state index in [4.69, 9.17) is 9.47 Å². The van der Waals surface area contributed by atoms with Gasteiger partial charge in [-0.25, -0.2) is 0 Å². The first-order valence-electron chi connectivity index (χ1n) is 7.74. The number of nitrogens with zero attached hydrogens (tertiary/aromatic N) is 2. The summed E-state index contributed by atoms with van der Waals surface area (Å²) in [5.74, 6) is 1.75. The van der Waals surface area contributed by atoms with E-state index in [0.717, 1.165) is 39.7 Å². The molecule has 2 heterocycles. The van der Waals surface area contributed by atoms with Crippen LogP contribution in [0.1, 0.15) is 24.8 Å². The molecule has 1 aromatic heterocycles. The lowest BCUT2D eigenvalue weighted by atomic mass is 10.1. The predicted octanol–water partition coefficient (Wildman–Crippen LogP) is 4.26. The summed E-state index contributed by atoms with van der Waals surface area (Å²) in [6, 6.07) is 6.02. The van der Waals surface area contributed by atoms with E-state index < -0.39 is 0 Å². The molecule has 2 aromatic rings. The summed E-state index contributed by atoms with van der Waals surface area (Å²) in [4.78, 5) is 0. The summed E-state index contributed by atoms with van der Waals surface area (Å²) in [6.07, 6.45) is 3.95. The minimum atomic E-state index is 0.353. The van der Waals surface area contributed by atoms with Crippen LogP contribution >= 0.6 is 23.1 Å². The minimum absolute atomic E-state index is 0.353. The first-order valence-corrected chi connectivity index (χ1v) is 9.54. The normalized spacial score (nSPS) is 17.9. The largest absolute Gasteiger partial charge is 0.495 e. The molecular formula is C16H21N3O2S2. The van der Waals surface area contributed by atoms with Gasteiger partial charge < -0.3 is 14.8 Å². The Balaban J connectivity index is 1.59. The molecule has 3 rings (SSSR count). The number of aryl methyl sites for hydroxylation is 1. The van der Waals surface area contributed by atoms with Crippen LogP contribution in [-0.4, -0.2) is 35.8 Å². The van der Waals surface area contributed by atoms with E-state index in [1.54, 1.807) is 30.2 Å². The number of ether oxygens (including phenoxy) is 2. The van der Waals surface area contributed by atoms with Crippen molar-refractivity contribution in [1.82, 2.24) is 10.2 Å². The van der Waals surface area contributed by atoms with Gasteiger partial charge in [-0.1, -0.05) is 29.2 Å². The van der Waals surface area contributed by atoms with Gasteiger partial charge in [-0.3, -0.25) is 0 Å². The molecule has 0 unspecified atom stereocenters. The third kappa shape index (κ3) is 4.59. The van der Waals surface area contributed by atoms with Gasteiger partial charge in [-0.15, -0.1) is 10.2 Å². The molecule has 0 aliphatic carbocycles. The van der Waals surface area contributed by atoms with Gasteiger partial charge in [0.05, 0.1) is 18.9 Å². The van der Waals surface area contributed by atoms with Gasteiger partial charge in [0, 0.05) is 12.4 Å². The summed E-state index contributed by atoms with van der Waals surface area (Å²) in [5, 5.41) is 12.5. The third-order valence-corrected chi connectivity index (χ3v) is 5.77. The number of hydrogen-bond acceptors (Lipinski definition) is 7. The van der Waals surface area contributed by atoms with Crippen molar-refractivity contribution in [2.24, 2.45) is 0 Å². The molecule has 1 N–H and O–H groups in total. The smallest absolute Gasteiger partial charge is 0.210 e. The second kappa shape index (κ2) is 7.99. The second-order valence-electron chi connectivity index (χ2n) is 5.50. The van der Waals surface area contributed by atoms with E-state index in [1.165, 1.54) is 18.4 Å². The van der Waals surface area contributed by atoms with E-state index in [9.17, 15) is 0 Å². The van der Waals surface area contributed by atoms with Gasteiger partial charge in [0.25, 0.3) is 0 Å². The van der Waals surface area contributed by atoms with Gasteiger partial charge in [0.15, 0.2) is 4.34 Å². The molecule has 124 valence electrons. The number of hydrogen-bond donors (Lipinski definition) is 1. The third-order valence-electron chi connectivity index (χ3n) is 3.67. The Hall–Kier alpha value is -1.31. The monoisotopic (exact) mass is 351 g/mol. The maximum Gasteiger partial charge on any atom is 0.210 e. The Morgan fingerprint density at radius 3 is 3.09 bits per heavy atom. The van der Waals surface area contributed by atoms with Gasteiger partial charge in [0.2, 0.25) is 5.13 Å². The van der Waals surface area contributed by atoms with Crippen LogP contribution in [0.15, 0.2) is 22.5 Å². The Morgan fingerprint density at radius 1 is 1.39 bits per heavy atom.